The Labute approximate surface area is 116 Å². The van der Waals surface area contributed by atoms with Crippen LogP contribution in [-0.2, 0) is 4.79 Å². The van der Waals surface area contributed by atoms with E-state index in [1.165, 1.54) is 0 Å². The van der Waals surface area contributed by atoms with Crippen LogP contribution in [0.5, 0.6) is 0 Å². The number of nitrogens with zero attached hydrogens (tertiary/aromatic N) is 2. The number of nitrogens with two attached hydrogens (primary N) is 1. The van der Waals surface area contributed by atoms with Crippen molar-refractivity contribution in [2.45, 2.75) is 18.9 Å². The minimum Gasteiger partial charge on any atom is -0.346 e. The van der Waals surface area contributed by atoms with Gasteiger partial charge in [-0.3, -0.25) is 4.79 Å². The largest absolute Gasteiger partial charge is 0.346 e. The van der Waals surface area contributed by atoms with Gasteiger partial charge < -0.3 is 15.5 Å². The maximum atomic E-state index is 12.0. The molecule has 1 aromatic rings. The van der Waals surface area contributed by atoms with Crippen LogP contribution >= 0.6 is 0 Å². The van der Waals surface area contributed by atoms with E-state index in [1.807, 2.05) is 51.5 Å². The molecule has 1 rings (SSSR count). The first-order chi connectivity index (χ1) is 9.00. The second kappa shape index (κ2) is 7.92. The number of hydrogen-bond donors (Lipinski definition) is 1. The lowest BCUT2D eigenvalue weighted by atomic mass is 10.0. The quantitative estimate of drug-likeness (QED) is 0.811. The summed E-state index contributed by atoms with van der Waals surface area (Å²) in [6, 6.07) is 9.55. The molecule has 4 heteroatoms. The Morgan fingerprint density at radius 1 is 1.16 bits per heavy atom. The predicted molar refractivity (Wildman–Crippen MR) is 78.8 cm³/mol. The molecule has 0 heterocycles. The molecule has 0 aliphatic heterocycles. The summed E-state index contributed by atoms with van der Waals surface area (Å²) in [7, 11) is 5.91. The molecule has 1 aromatic carbocycles. The van der Waals surface area contributed by atoms with Crippen molar-refractivity contribution in [3.05, 3.63) is 35.9 Å². The van der Waals surface area contributed by atoms with Gasteiger partial charge in [-0.2, -0.15) is 0 Å². The molecule has 0 spiro atoms. The molecule has 1 amide bonds. The van der Waals surface area contributed by atoms with Crippen LogP contribution < -0.4 is 5.73 Å². The molecule has 0 saturated carbocycles. The van der Waals surface area contributed by atoms with Crippen LogP contribution in [0, 0.1) is 0 Å². The van der Waals surface area contributed by atoms with Crippen LogP contribution in [0.2, 0.25) is 0 Å². The van der Waals surface area contributed by atoms with E-state index >= 15 is 0 Å². The summed E-state index contributed by atoms with van der Waals surface area (Å²) in [6.07, 6.45) is 1.35. The summed E-state index contributed by atoms with van der Waals surface area (Å²) in [5.41, 5.74) is 7.07. The number of carbonyl (C=O) groups is 1. The third-order valence-corrected chi connectivity index (χ3v) is 3.15. The van der Waals surface area contributed by atoms with Crippen molar-refractivity contribution in [2.75, 3.05) is 34.2 Å². The molecule has 0 saturated heterocycles. The Hall–Kier alpha value is -1.39. The summed E-state index contributed by atoms with van der Waals surface area (Å²) in [5, 5.41) is 0. The van der Waals surface area contributed by atoms with E-state index in [-0.39, 0.29) is 11.9 Å². The van der Waals surface area contributed by atoms with Crippen molar-refractivity contribution < 1.29 is 4.79 Å². The average molecular weight is 263 g/mol. The van der Waals surface area contributed by atoms with Crippen LogP contribution in [0.3, 0.4) is 0 Å². The van der Waals surface area contributed by atoms with Crippen molar-refractivity contribution >= 4 is 5.91 Å². The summed E-state index contributed by atoms with van der Waals surface area (Å²) in [5.74, 6) is 0.107. The minimum atomic E-state index is -0.218. The fraction of sp³-hybridized carbons (Fsp3) is 0.533. The molecule has 19 heavy (non-hydrogen) atoms. The second-order valence-electron chi connectivity index (χ2n) is 5.19. The molecule has 2 N–H and O–H groups in total. The molecule has 0 radical (unpaired) electrons. The van der Waals surface area contributed by atoms with Crippen LogP contribution in [0.1, 0.15) is 24.4 Å². The van der Waals surface area contributed by atoms with Crippen molar-refractivity contribution in [1.29, 1.82) is 0 Å². The highest BCUT2D eigenvalue weighted by atomic mass is 16.2. The highest BCUT2D eigenvalue weighted by Gasteiger charge is 2.14. The summed E-state index contributed by atoms with van der Waals surface area (Å²) >= 11 is 0. The van der Waals surface area contributed by atoms with Gasteiger partial charge >= 0.3 is 0 Å². The molecule has 1 unspecified atom stereocenters. The summed E-state index contributed by atoms with van der Waals surface area (Å²) in [4.78, 5) is 15.9. The van der Waals surface area contributed by atoms with Crippen LogP contribution in [0.15, 0.2) is 30.3 Å². The zero-order chi connectivity index (χ0) is 14.3. The van der Waals surface area contributed by atoms with Gasteiger partial charge in [0.2, 0.25) is 5.91 Å². The Kier molecular flexibility index (Phi) is 6.53. The van der Waals surface area contributed by atoms with Gasteiger partial charge in [-0.15, -0.1) is 0 Å². The first-order valence-corrected chi connectivity index (χ1v) is 6.70. The normalized spacial score (nSPS) is 12.5. The third-order valence-electron chi connectivity index (χ3n) is 3.15. The predicted octanol–water partition coefficient (Wildman–Crippen LogP) is 1.49. The molecule has 0 aromatic heterocycles. The third kappa shape index (κ3) is 5.85. The molecule has 0 aliphatic rings. The molecule has 0 aliphatic carbocycles. The van der Waals surface area contributed by atoms with Crippen molar-refractivity contribution in [3.63, 3.8) is 0 Å². The lowest BCUT2D eigenvalue weighted by Gasteiger charge is -2.20. The van der Waals surface area contributed by atoms with Crippen molar-refractivity contribution in [3.8, 4) is 0 Å². The number of amides is 1. The first kappa shape index (κ1) is 15.7. The van der Waals surface area contributed by atoms with Gasteiger partial charge in [0, 0.05) is 26.1 Å². The number of benzene rings is 1. The molecule has 4 nitrogen and oxygen atoms in total. The highest BCUT2D eigenvalue weighted by Crippen LogP contribution is 2.14. The number of rotatable bonds is 7. The van der Waals surface area contributed by atoms with E-state index in [1.54, 1.807) is 4.90 Å². The Morgan fingerprint density at radius 3 is 2.37 bits per heavy atom. The lowest BCUT2D eigenvalue weighted by molar-refractivity contribution is -0.130. The number of carbonyl (C=O) groups excluding carboxylic acids is 1. The minimum absolute atomic E-state index is 0.107. The zero-order valence-corrected chi connectivity index (χ0v) is 12.2. The van der Waals surface area contributed by atoms with E-state index in [4.69, 9.17) is 5.73 Å². The molecule has 1 atom stereocenters. The smallest absolute Gasteiger partial charge is 0.224 e. The zero-order valence-electron chi connectivity index (χ0n) is 12.2. The van der Waals surface area contributed by atoms with Crippen LogP contribution in [-0.4, -0.2) is 49.9 Å². The van der Waals surface area contributed by atoms with Gasteiger partial charge in [-0.05, 0) is 32.6 Å². The van der Waals surface area contributed by atoms with E-state index in [0.29, 0.717) is 6.42 Å². The maximum Gasteiger partial charge on any atom is 0.224 e. The monoisotopic (exact) mass is 263 g/mol. The maximum absolute atomic E-state index is 12.0. The lowest BCUT2D eigenvalue weighted by Crippen LogP contribution is -2.32. The van der Waals surface area contributed by atoms with Gasteiger partial charge in [0.25, 0.3) is 0 Å². The van der Waals surface area contributed by atoms with Gasteiger partial charge in [-0.1, -0.05) is 30.3 Å². The SMILES string of the molecule is CN(C)CCCN(C)C(=O)CC(N)c1ccccc1. The van der Waals surface area contributed by atoms with Crippen molar-refractivity contribution in [2.24, 2.45) is 5.73 Å². The molecule has 106 valence electrons. The summed E-state index contributed by atoms with van der Waals surface area (Å²) in [6.45, 7) is 1.76. The second-order valence-corrected chi connectivity index (χ2v) is 5.19. The van der Waals surface area contributed by atoms with Gasteiger partial charge in [0.1, 0.15) is 0 Å². The molecule has 0 bridgehead atoms. The van der Waals surface area contributed by atoms with Gasteiger partial charge in [0.05, 0.1) is 0 Å². The van der Waals surface area contributed by atoms with E-state index in [9.17, 15) is 4.79 Å². The Bertz CT molecular complexity index is 378. The van der Waals surface area contributed by atoms with Gasteiger partial charge in [-0.25, -0.2) is 0 Å². The standard InChI is InChI=1S/C15H25N3O/c1-17(2)10-7-11-18(3)15(19)12-14(16)13-8-5-4-6-9-13/h4-6,8-9,14H,7,10-12,16H2,1-3H3. The van der Waals surface area contributed by atoms with E-state index < -0.39 is 0 Å². The number of hydrogen-bond acceptors (Lipinski definition) is 3. The van der Waals surface area contributed by atoms with Crippen molar-refractivity contribution in [1.82, 2.24) is 9.80 Å². The molecular formula is C15H25N3O. The van der Waals surface area contributed by atoms with Gasteiger partial charge in [0.15, 0.2) is 0 Å². The van der Waals surface area contributed by atoms with E-state index in [2.05, 4.69) is 4.90 Å². The fourth-order valence-corrected chi connectivity index (χ4v) is 1.91. The Balaban J connectivity index is 2.37. The fourth-order valence-electron chi connectivity index (χ4n) is 1.91. The van der Waals surface area contributed by atoms with E-state index in [0.717, 1.165) is 25.1 Å². The molecule has 0 fully saturated rings. The first-order valence-electron chi connectivity index (χ1n) is 6.70. The topological polar surface area (TPSA) is 49.6 Å². The van der Waals surface area contributed by atoms with Crippen LogP contribution in [0.25, 0.3) is 0 Å². The van der Waals surface area contributed by atoms with Crippen LogP contribution in [0.4, 0.5) is 0 Å². The average Bonchev–Trinajstić information content (AvgIpc) is 2.39. The highest BCUT2D eigenvalue weighted by molar-refractivity contribution is 5.76. The summed E-state index contributed by atoms with van der Waals surface area (Å²) < 4.78 is 0. The Morgan fingerprint density at radius 2 is 1.79 bits per heavy atom. The molecular weight excluding hydrogens is 238 g/mol.